The summed E-state index contributed by atoms with van der Waals surface area (Å²) in [5.41, 5.74) is 2.37. The maximum Gasteiger partial charge on any atom is 0.251 e. The van der Waals surface area contributed by atoms with Gasteiger partial charge in [0.15, 0.2) is 5.16 Å². The molecule has 0 saturated carbocycles. The fourth-order valence-electron chi connectivity index (χ4n) is 1.91. The number of thioether (sulfide) groups is 1. The van der Waals surface area contributed by atoms with Crippen molar-refractivity contribution in [2.75, 3.05) is 5.32 Å². The molecule has 1 aromatic heterocycles. The zero-order valence-electron chi connectivity index (χ0n) is 12.8. The summed E-state index contributed by atoms with van der Waals surface area (Å²) in [7, 11) is 0. The largest absolute Gasteiger partial charge is 0.325 e. The van der Waals surface area contributed by atoms with Gasteiger partial charge in [-0.1, -0.05) is 30.8 Å². The van der Waals surface area contributed by atoms with Crippen molar-refractivity contribution < 1.29 is 4.79 Å². The normalized spacial score (nSPS) is 12.0. The number of carbonyl (C=O) groups excluding carboxylic acids is 1. The highest BCUT2D eigenvalue weighted by Gasteiger charge is 2.16. The van der Waals surface area contributed by atoms with Crippen LogP contribution in [0.5, 0.6) is 0 Å². The van der Waals surface area contributed by atoms with Crippen LogP contribution in [0.3, 0.4) is 0 Å². The summed E-state index contributed by atoms with van der Waals surface area (Å²) in [4.78, 5) is 30.7. The summed E-state index contributed by atoms with van der Waals surface area (Å²) >= 11 is 1.24. The first-order chi connectivity index (χ1) is 10.5. The molecular formula is C16H19N3O2S. The first-order valence-corrected chi connectivity index (χ1v) is 8.00. The fraction of sp³-hybridized carbons (Fsp3) is 0.312. The minimum Gasteiger partial charge on any atom is -0.325 e. The molecule has 6 heteroatoms. The molecule has 1 heterocycles. The van der Waals surface area contributed by atoms with Gasteiger partial charge in [-0.3, -0.25) is 9.59 Å². The average Bonchev–Trinajstić information content (AvgIpc) is 2.46. The van der Waals surface area contributed by atoms with Crippen molar-refractivity contribution in [1.29, 1.82) is 0 Å². The number of H-pyrrole nitrogens is 1. The van der Waals surface area contributed by atoms with E-state index < -0.39 is 0 Å². The second kappa shape index (κ2) is 7.26. The number of benzene rings is 1. The Balaban J connectivity index is 2.05. The number of aromatic nitrogens is 2. The number of nitrogens with zero attached hydrogens (tertiary/aromatic N) is 1. The number of aromatic amines is 1. The topological polar surface area (TPSA) is 74.8 Å². The standard InChI is InChI=1S/C16H19N3O2S/c1-4-12-9-14(20)19-16(18-12)22-11(3)15(21)17-13-7-5-6-10(2)8-13/h5-9,11H,4H2,1-3H3,(H,17,21)(H,18,19,20). The molecule has 2 N–H and O–H groups in total. The van der Waals surface area contributed by atoms with Crippen LogP contribution >= 0.6 is 11.8 Å². The highest BCUT2D eigenvalue weighted by atomic mass is 32.2. The van der Waals surface area contributed by atoms with Gasteiger partial charge in [0.2, 0.25) is 5.91 Å². The number of nitrogens with one attached hydrogen (secondary N) is 2. The molecule has 0 bridgehead atoms. The zero-order valence-corrected chi connectivity index (χ0v) is 13.7. The Morgan fingerprint density at radius 2 is 2.18 bits per heavy atom. The molecular weight excluding hydrogens is 298 g/mol. The Bertz CT molecular complexity index is 727. The van der Waals surface area contributed by atoms with Crippen LogP contribution < -0.4 is 10.9 Å². The van der Waals surface area contributed by atoms with Gasteiger partial charge in [-0.25, -0.2) is 4.98 Å². The van der Waals surface area contributed by atoms with Gasteiger partial charge < -0.3 is 10.3 Å². The quantitative estimate of drug-likeness (QED) is 0.657. The Hall–Kier alpha value is -2.08. The van der Waals surface area contributed by atoms with E-state index in [0.717, 1.165) is 16.9 Å². The van der Waals surface area contributed by atoms with E-state index in [0.29, 0.717) is 11.6 Å². The minimum absolute atomic E-state index is 0.125. The van der Waals surface area contributed by atoms with E-state index in [1.54, 1.807) is 6.92 Å². The third-order valence-corrected chi connectivity index (χ3v) is 4.06. The average molecular weight is 317 g/mol. The number of carbonyl (C=O) groups is 1. The molecule has 0 aliphatic carbocycles. The van der Waals surface area contributed by atoms with Crippen molar-refractivity contribution in [3.05, 3.63) is 51.9 Å². The van der Waals surface area contributed by atoms with E-state index in [2.05, 4.69) is 15.3 Å². The van der Waals surface area contributed by atoms with Gasteiger partial charge in [0.1, 0.15) is 0 Å². The summed E-state index contributed by atoms with van der Waals surface area (Å²) in [6.45, 7) is 5.69. The molecule has 22 heavy (non-hydrogen) atoms. The Morgan fingerprint density at radius 1 is 1.41 bits per heavy atom. The third kappa shape index (κ3) is 4.46. The molecule has 2 rings (SSSR count). The molecule has 0 aliphatic rings. The molecule has 1 unspecified atom stereocenters. The van der Waals surface area contributed by atoms with Crippen LogP contribution in [0.15, 0.2) is 40.3 Å². The SMILES string of the molecule is CCc1cc(=O)[nH]c(SC(C)C(=O)Nc2cccc(C)c2)n1. The van der Waals surface area contributed by atoms with Gasteiger partial charge in [-0.2, -0.15) is 0 Å². The Morgan fingerprint density at radius 3 is 2.86 bits per heavy atom. The molecule has 0 radical (unpaired) electrons. The summed E-state index contributed by atoms with van der Waals surface area (Å²) in [6.07, 6.45) is 0.682. The van der Waals surface area contributed by atoms with Gasteiger partial charge in [0.25, 0.3) is 5.56 Å². The molecule has 1 atom stereocenters. The van der Waals surface area contributed by atoms with Crippen molar-refractivity contribution in [2.24, 2.45) is 0 Å². The van der Waals surface area contributed by atoms with Crippen molar-refractivity contribution in [1.82, 2.24) is 9.97 Å². The lowest BCUT2D eigenvalue weighted by Gasteiger charge is -2.12. The number of hydrogen-bond donors (Lipinski definition) is 2. The molecule has 1 amide bonds. The summed E-state index contributed by atoms with van der Waals surface area (Å²) < 4.78 is 0. The number of anilines is 1. The molecule has 0 spiro atoms. The lowest BCUT2D eigenvalue weighted by atomic mass is 10.2. The molecule has 5 nitrogen and oxygen atoms in total. The fourth-order valence-corrected chi connectivity index (χ4v) is 2.74. The van der Waals surface area contributed by atoms with Crippen molar-refractivity contribution >= 4 is 23.4 Å². The van der Waals surface area contributed by atoms with Crippen LogP contribution in [-0.2, 0) is 11.2 Å². The number of rotatable bonds is 5. The predicted octanol–water partition coefficient (Wildman–Crippen LogP) is 2.76. The highest BCUT2D eigenvalue weighted by molar-refractivity contribution is 8.00. The monoisotopic (exact) mass is 317 g/mol. The van der Waals surface area contributed by atoms with Gasteiger partial charge in [0.05, 0.1) is 5.25 Å². The maximum absolute atomic E-state index is 12.2. The molecule has 0 saturated heterocycles. The number of hydrogen-bond acceptors (Lipinski definition) is 4. The van der Waals surface area contributed by atoms with Gasteiger partial charge in [-0.15, -0.1) is 0 Å². The van der Waals surface area contributed by atoms with E-state index in [1.807, 2.05) is 38.1 Å². The van der Waals surface area contributed by atoms with Crippen LogP contribution in [-0.4, -0.2) is 21.1 Å². The lowest BCUT2D eigenvalue weighted by molar-refractivity contribution is -0.115. The van der Waals surface area contributed by atoms with E-state index in [1.165, 1.54) is 17.8 Å². The van der Waals surface area contributed by atoms with Crippen LogP contribution in [0.1, 0.15) is 25.1 Å². The van der Waals surface area contributed by atoms with E-state index in [4.69, 9.17) is 0 Å². The second-order valence-corrected chi connectivity index (χ2v) is 6.34. The summed E-state index contributed by atoms with van der Waals surface area (Å²) in [5, 5.41) is 2.97. The number of amides is 1. The zero-order chi connectivity index (χ0) is 16.1. The smallest absolute Gasteiger partial charge is 0.251 e. The predicted molar refractivity (Wildman–Crippen MR) is 89.4 cm³/mol. The van der Waals surface area contributed by atoms with E-state index in [9.17, 15) is 9.59 Å². The first-order valence-electron chi connectivity index (χ1n) is 7.12. The molecule has 0 aliphatic heterocycles. The van der Waals surface area contributed by atoms with Crippen LogP contribution in [0.25, 0.3) is 0 Å². The van der Waals surface area contributed by atoms with Crippen molar-refractivity contribution in [3.63, 3.8) is 0 Å². The summed E-state index contributed by atoms with van der Waals surface area (Å²) in [5.74, 6) is -0.125. The summed E-state index contributed by atoms with van der Waals surface area (Å²) in [6, 6.07) is 9.10. The van der Waals surface area contributed by atoms with Crippen molar-refractivity contribution in [2.45, 2.75) is 37.6 Å². The van der Waals surface area contributed by atoms with Crippen LogP contribution in [0, 0.1) is 6.92 Å². The molecule has 0 fully saturated rings. The van der Waals surface area contributed by atoms with E-state index in [-0.39, 0.29) is 16.7 Å². The Kier molecular flexibility index (Phi) is 5.38. The van der Waals surface area contributed by atoms with Crippen LogP contribution in [0.4, 0.5) is 5.69 Å². The van der Waals surface area contributed by atoms with Gasteiger partial charge in [-0.05, 0) is 38.0 Å². The van der Waals surface area contributed by atoms with Gasteiger partial charge in [0, 0.05) is 17.4 Å². The number of aryl methyl sites for hydroxylation is 2. The first kappa shape index (κ1) is 16.3. The Labute approximate surface area is 133 Å². The second-order valence-electron chi connectivity index (χ2n) is 5.01. The molecule has 1 aromatic carbocycles. The van der Waals surface area contributed by atoms with E-state index >= 15 is 0 Å². The van der Waals surface area contributed by atoms with Crippen LogP contribution in [0.2, 0.25) is 0 Å². The molecule has 2 aromatic rings. The highest BCUT2D eigenvalue weighted by Crippen LogP contribution is 2.20. The molecule has 116 valence electrons. The minimum atomic E-state index is -0.365. The van der Waals surface area contributed by atoms with Crippen molar-refractivity contribution in [3.8, 4) is 0 Å². The van der Waals surface area contributed by atoms with Gasteiger partial charge >= 0.3 is 0 Å². The maximum atomic E-state index is 12.2. The lowest BCUT2D eigenvalue weighted by Crippen LogP contribution is -2.23. The third-order valence-electron chi connectivity index (χ3n) is 3.08.